The SMILES string of the molecule is O=S(=O)(c1cccc(-c2nnc(-c3ccc(Br)cc3)o2)c1)N1CCCC1. The molecule has 0 atom stereocenters. The molecule has 2 aromatic carbocycles. The number of hydrogen-bond donors (Lipinski definition) is 0. The minimum atomic E-state index is -3.48. The van der Waals surface area contributed by atoms with Crippen LogP contribution in [0.25, 0.3) is 22.9 Å². The Kier molecular flexibility index (Phi) is 4.64. The molecule has 1 saturated heterocycles. The molecule has 6 nitrogen and oxygen atoms in total. The van der Waals surface area contributed by atoms with Crippen molar-refractivity contribution in [3.63, 3.8) is 0 Å². The third-order valence-electron chi connectivity index (χ3n) is 4.30. The van der Waals surface area contributed by atoms with Crippen LogP contribution in [0.1, 0.15) is 12.8 Å². The summed E-state index contributed by atoms with van der Waals surface area (Å²) in [6, 6.07) is 14.2. The van der Waals surface area contributed by atoms with Gasteiger partial charge in [-0.05, 0) is 55.3 Å². The fraction of sp³-hybridized carbons (Fsp3) is 0.222. The van der Waals surface area contributed by atoms with Crippen LogP contribution in [0.4, 0.5) is 0 Å². The summed E-state index contributed by atoms with van der Waals surface area (Å²) in [6.07, 6.45) is 1.80. The highest BCUT2D eigenvalue weighted by Crippen LogP contribution is 2.28. The van der Waals surface area contributed by atoms with Crippen LogP contribution in [0, 0.1) is 0 Å². The Morgan fingerprint density at radius 1 is 0.923 bits per heavy atom. The van der Waals surface area contributed by atoms with Crippen LogP contribution in [-0.2, 0) is 10.0 Å². The first kappa shape index (κ1) is 17.4. The lowest BCUT2D eigenvalue weighted by molar-refractivity contribution is 0.477. The molecular formula is C18H16BrN3O3S. The maximum absolute atomic E-state index is 12.7. The molecule has 0 aliphatic carbocycles. The first-order valence-electron chi connectivity index (χ1n) is 8.24. The smallest absolute Gasteiger partial charge is 0.248 e. The quantitative estimate of drug-likeness (QED) is 0.622. The summed E-state index contributed by atoms with van der Waals surface area (Å²) in [6.45, 7) is 1.14. The second-order valence-electron chi connectivity index (χ2n) is 6.06. The Morgan fingerprint density at radius 3 is 2.27 bits per heavy atom. The summed E-state index contributed by atoms with van der Waals surface area (Å²) in [7, 11) is -3.48. The number of nitrogens with zero attached hydrogens (tertiary/aromatic N) is 3. The van der Waals surface area contributed by atoms with E-state index >= 15 is 0 Å². The van der Waals surface area contributed by atoms with Gasteiger partial charge in [0.2, 0.25) is 21.8 Å². The molecule has 0 bridgehead atoms. The maximum Gasteiger partial charge on any atom is 0.248 e. The van der Waals surface area contributed by atoms with E-state index in [0.29, 0.717) is 30.4 Å². The van der Waals surface area contributed by atoms with Gasteiger partial charge in [0.15, 0.2) is 0 Å². The average Bonchev–Trinajstić information content (AvgIpc) is 3.35. The predicted molar refractivity (Wildman–Crippen MR) is 101 cm³/mol. The van der Waals surface area contributed by atoms with Gasteiger partial charge in [-0.15, -0.1) is 10.2 Å². The van der Waals surface area contributed by atoms with E-state index in [9.17, 15) is 8.42 Å². The molecule has 1 aliphatic rings. The Bertz CT molecular complexity index is 1030. The third kappa shape index (κ3) is 3.32. The number of benzene rings is 2. The zero-order valence-corrected chi connectivity index (χ0v) is 16.2. The molecule has 4 rings (SSSR count). The minimum Gasteiger partial charge on any atom is -0.416 e. The summed E-state index contributed by atoms with van der Waals surface area (Å²) in [4.78, 5) is 0.250. The average molecular weight is 434 g/mol. The number of aromatic nitrogens is 2. The van der Waals surface area contributed by atoms with E-state index < -0.39 is 10.0 Å². The Morgan fingerprint density at radius 2 is 1.58 bits per heavy atom. The molecule has 2 heterocycles. The van der Waals surface area contributed by atoms with Crippen molar-refractivity contribution in [1.29, 1.82) is 0 Å². The van der Waals surface area contributed by atoms with E-state index in [2.05, 4.69) is 26.1 Å². The van der Waals surface area contributed by atoms with Crippen LogP contribution >= 0.6 is 15.9 Å². The first-order valence-corrected chi connectivity index (χ1v) is 10.5. The molecule has 134 valence electrons. The summed E-state index contributed by atoms with van der Waals surface area (Å²) >= 11 is 3.39. The highest BCUT2D eigenvalue weighted by Gasteiger charge is 2.27. The molecule has 0 N–H and O–H groups in total. The van der Waals surface area contributed by atoms with E-state index in [1.54, 1.807) is 24.3 Å². The summed E-state index contributed by atoms with van der Waals surface area (Å²) in [5, 5.41) is 8.14. The largest absolute Gasteiger partial charge is 0.416 e. The van der Waals surface area contributed by atoms with Gasteiger partial charge in [0.1, 0.15) is 0 Å². The second-order valence-corrected chi connectivity index (χ2v) is 8.91. The molecule has 0 amide bonds. The van der Waals surface area contributed by atoms with Gasteiger partial charge in [-0.2, -0.15) is 4.31 Å². The minimum absolute atomic E-state index is 0.250. The molecule has 26 heavy (non-hydrogen) atoms. The van der Waals surface area contributed by atoms with E-state index in [0.717, 1.165) is 22.9 Å². The van der Waals surface area contributed by atoms with Crippen molar-refractivity contribution in [2.45, 2.75) is 17.7 Å². The zero-order chi connectivity index (χ0) is 18.1. The number of halogens is 1. The lowest BCUT2D eigenvalue weighted by Crippen LogP contribution is -2.27. The Labute approximate surface area is 160 Å². The fourth-order valence-corrected chi connectivity index (χ4v) is 4.74. The van der Waals surface area contributed by atoms with Crippen molar-refractivity contribution in [3.8, 4) is 22.9 Å². The fourth-order valence-electron chi connectivity index (χ4n) is 2.92. The van der Waals surface area contributed by atoms with Crippen LogP contribution in [-0.4, -0.2) is 36.0 Å². The van der Waals surface area contributed by atoms with Crippen molar-refractivity contribution >= 4 is 26.0 Å². The monoisotopic (exact) mass is 433 g/mol. The van der Waals surface area contributed by atoms with Crippen molar-refractivity contribution in [3.05, 3.63) is 53.0 Å². The lowest BCUT2D eigenvalue weighted by Gasteiger charge is -2.15. The molecule has 0 spiro atoms. The summed E-state index contributed by atoms with van der Waals surface area (Å²) < 4.78 is 33.7. The zero-order valence-electron chi connectivity index (χ0n) is 13.8. The normalized spacial score (nSPS) is 15.4. The molecule has 0 radical (unpaired) electrons. The van der Waals surface area contributed by atoms with Crippen molar-refractivity contribution in [2.75, 3.05) is 13.1 Å². The van der Waals surface area contributed by atoms with Gasteiger partial charge >= 0.3 is 0 Å². The van der Waals surface area contributed by atoms with Crippen LogP contribution in [0.5, 0.6) is 0 Å². The van der Waals surface area contributed by atoms with Crippen molar-refractivity contribution < 1.29 is 12.8 Å². The first-order chi connectivity index (χ1) is 12.5. The molecular weight excluding hydrogens is 418 g/mol. The number of hydrogen-bond acceptors (Lipinski definition) is 5. The van der Waals surface area contributed by atoms with Gasteiger partial charge in [0.25, 0.3) is 0 Å². The number of sulfonamides is 1. The van der Waals surface area contributed by atoms with Gasteiger partial charge in [-0.3, -0.25) is 0 Å². The number of rotatable bonds is 4. The van der Waals surface area contributed by atoms with Gasteiger partial charge < -0.3 is 4.42 Å². The molecule has 1 aliphatic heterocycles. The summed E-state index contributed by atoms with van der Waals surface area (Å²) in [5.41, 5.74) is 1.38. The van der Waals surface area contributed by atoms with E-state index in [1.807, 2.05) is 24.3 Å². The van der Waals surface area contributed by atoms with Crippen molar-refractivity contribution in [1.82, 2.24) is 14.5 Å². The molecule has 8 heteroatoms. The molecule has 0 unspecified atom stereocenters. The van der Waals surface area contributed by atoms with Gasteiger partial charge in [-0.1, -0.05) is 22.0 Å². The molecule has 0 saturated carbocycles. The van der Waals surface area contributed by atoms with Crippen LogP contribution in [0.15, 0.2) is 62.3 Å². The van der Waals surface area contributed by atoms with E-state index in [1.165, 1.54) is 4.31 Å². The summed E-state index contributed by atoms with van der Waals surface area (Å²) in [5.74, 6) is 0.682. The highest BCUT2D eigenvalue weighted by atomic mass is 79.9. The van der Waals surface area contributed by atoms with Crippen molar-refractivity contribution in [2.24, 2.45) is 0 Å². The Balaban J connectivity index is 1.66. The topological polar surface area (TPSA) is 76.3 Å². The molecule has 3 aromatic rings. The predicted octanol–water partition coefficient (Wildman–Crippen LogP) is 3.95. The van der Waals surface area contributed by atoms with E-state index in [4.69, 9.17) is 4.42 Å². The second kappa shape index (κ2) is 6.94. The lowest BCUT2D eigenvalue weighted by atomic mass is 10.2. The van der Waals surface area contributed by atoms with Crippen LogP contribution in [0.2, 0.25) is 0 Å². The third-order valence-corrected chi connectivity index (χ3v) is 6.72. The maximum atomic E-state index is 12.7. The van der Waals surface area contributed by atoms with Gasteiger partial charge in [0, 0.05) is 28.7 Å². The molecule has 1 aromatic heterocycles. The van der Waals surface area contributed by atoms with Gasteiger partial charge in [0.05, 0.1) is 4.90 Å². The van der Waals surface area contributed by atoms with Crippen LogP contribution in [0.3, 0.4) is 0 Å². The van der Waals surface area contributed by atoms with Crippen LogP contribution < -0.4 is 0 Å². The highest BCUT2D eigenvalue weighted by molar-refractivity contribution is 9.10. The van der Waals surface area contributed by atoms with Gasteiger partial charge in [-0.25, -0.2) is 8.42 Å². The van der Waals surface area contributed by atoms with E-state index in [-0.39, 0.29) is 4.90 Å². The standard InChI is InChI=1S/C18H16BrN3O3S/c19-15-8-6-13(7-9-15)17-20-21-18(25-17)14-4-3-5-16(12-14)26(23,24)22-10-1-2-11-22/h3-9,12H,1-2,10-11H2. The Hall–Kier alpha value is -2.03. The molecule has 1 fully saturated rings.